The van der Waals surface area contributed by atoms with Crippen LogP contribution in [-0.2, 0) is 9.59 Å². The highest BCUT2D eigenvalue weighted by Crippen LogP contribution is 2.42. The van der Waals surface area contributed by atoms with Crippen LogP contribution in [0.5, 0.6) is 0 Å². The Morgan fingerprint density at radius 3 is 2.58 bits per heavy atom. The minimum atomic E-state index is -0.749. The van der Waals surface area contributed by atoms with E-state index >= 15 is 0 Å². The van der Waals surface area contributed by atoms with Gasteiger partial charge < -0.3 is 15.7 Å². The number of aliphatic carboxylic acids is 1. The van der Waals surface area contributed by atoms with Gasteiger partial charge in [0.25, 0.3) is 0 Å². The van der Waals surface area contributed by atoms with Crippen molar-refractivity contribution in [1.82, 2.24) is 4.90 Å². The van der Waals surface area contributed by atoms with E-state index in [1.54, 1.807) is 0 Å². The van der Waals surface area contributed by atoms with E-state index in [1.165, 1.54) is 0 Å². The second-order valence-electron chi connectivity index (χ2n) is 6.03. The SMILES string of the molecule is NCC1(C(=O)N2CCCC(CCC(=O)O)C2)CCC1. The number of likely N-dealkylation sites (tertiary alicyclic amines) is 1. The molecule has 1 heterocycles. The van der Waals surface area contributed by atoms with E-state index in [0.29, 0.717) is 25.4 Å². The highest BCUT2D eigenvalue weighted by molar-refractivity contribution is 5.84. The fourth-order valence-corrected chi connectivity index (χ4v) is 3.26. The van der Waals surface area contributed by atoms with Crippen LogP contribution in [0.4, 0.5) is 0 Å². The quantitative estimate of drug-likeness (QED) is 0.785. The summed E-state index contributed by atoms with van der Waals surface area (Å²) in [7, 11) is 0. The maximum atomic E-state index is 12.5. The van der Waals surface area contributed by atoms with Crippen molar-refractivity contribution < 1.29 is 14.7 Å². The summed E-state index contributed by atoms with van der Waals surface area (Å²) in [6, 6.07) is 0. The molecule has 0 aromatic heterocycles. The van der Waals surface area contributed by atoms with Gasteiger partial charge in [0.15, 0.2) is 0 Å². The van der Waals surface area contributed by atoms with Crippen LogP contribution in [0.1, 0.15) is 44.9 Å². The van der Waals surface area contributed by atoms with E-state index in [9.17, 15) is 9.59 Å². The van der Waals surface area contributed by atoms with Gasteiger partial charge in [0.2, 0.25) is 5.91 Å². The van der Waals surface area contributed by atoms with Crippen LogP contribution in [0.2, 0.25) is 0 Å². The molecule has 108 valence electrons. The molecular weight excluding hydrogens is 244 g/mol. The first kappa shape index (κ1) is 14.3. The van der Waals surface area contributed by atoms with Crippen LogP contribution in [0, 0.1) is 11.3 Å². The number of nitrogens with zero attached hydrogens (tertiary/aromatic N) is 1. The van der Waals surface area contributed by atoms with Gasteiger partial charge >= 0.3 is 5.97 Å². The molecule has 1 amide bonds. The van der Waals surface area contributed by atoms with E-state index in [2.05, 4.69) is 0 Å². The van der Waals surface area contributed by atoms with Gasteiger partial charge in [0.1, 0.15) is 0 Å². The van der Waals surface area contributed by atoms with Crippen molar-refractivity contribution >= 4 is 11.9 Å². The zero-order chi connectivity index (χ0) is 13.9. The summed E-state index contributed by atoms with van der Waals surface area (Å²) in [5.74, 6) is -0.203. The van der Waals surface area contributed by atoms with Crippen molar-refractivity contribution in [2.24, 2.45) is 17.1 Å². The molecule has 2 rings (SSSR count). The van der Waals surface area contributed by atoms with Crippen molar-refractivity contribution in [2.75, 3.05) is 19.6 Å². The molecule has 2 aliphatic rings. The minimum absolute atomic E-state index is 0.203. The number of carboxylic acid groups (broad SMARTS) is 1. The van der Waals surface area contributed by atoms with Crippen molar-refractivity contribution in [3.63, 3.8) is 0 Å². The van der Waals surface area contributed by atoms with Gasteiger partial charge in [-0.15, -0.1) is 0 Å². The van der Waals surface area contributed by atoms with Crippen LogP contribution in [0.3, 0.4) is 0 Å². The molecule has 1 aliphatic carbocycles. The van der Waals surface area contributed by atoms with Crippen LogP contribution in [0.15, 0.2) is 0 Å². The molecule has 1 unspecified atom stereocenters. The first-order valence-corrected chi connectivity index (χ1v) is 7.29. The molecule has 19 heavy (non-hydrogen) atoms. The smallest absolute Gasteiger partial charge is 0.303 e. The van der Waals surface area contributed by atoms with Gasteiger partial charge in [-0.2, -0.15) is 0 Å². The minimum Gasteiger partial charge on any atom is -0.481 e. The molecule has 5 nitrogen and oxygen atoms in total. The number of carboxylic acids is 1. The Kier molecular flexibility index (Phi) is 4.45. The Hall–Kier alpha value is -1.10. The number of nitrogens with two attached hydrogens (primary N) is 1. The monoisotopic (exact) mass is 268 g/mol. The van der Waals surface area contributed by atoms with Crippen molar-refractivity contribution in [3.05, 3.63) is 0 Å². The third-order valence-corrected chi connectivity index (χ3v) is 4.73. The molecule has 1 saturated carbocycles. The molecule has 1 atom stereocenters. The van der Waals surface area contributed by atoms with Gasteiger partial charge in [-0.25, -0.2) is 0 Å². The fraction of sp³-hybridized carbons (Fsp3) is 0.857. The molecule has 0 bridgehead atoms. The molecular formula is C14H24N2O3. The van der Waals surface area contributed by atoms with Crippen LogP contribution >= 0.6 is 0 Å². The molecule has 2 fully saturated rings. The zero-order valence-electron chi connectivity index (χ0n) is 11.4. The summed E-state index contributed by atoms with van der Waals surface area (Å²) in [5.41, 5.74) is 5.49. The first-order valence-electron chi connectivity index (χ1n) is 7.29. The van der Waals surface area contributed by atoms with Crippen LogP contribution < -0.4 is 5.73 Å². The predicted octanol–water partition coefficient (Wildman–Crippen LogP) is 1.22. The third kappa shape index (κ3) is 3.08. The first-order chi connectivity index (χ1) is 9.07. The summed E-state index contributed by atoms with van der Waals surface area (Å²) in [4.78, 5) is 25.1. The van der Waals surface area contributed by atoms with Gasteiger partial charge in [-0.05, 0) is 38.0 Å². The van der Waals surface area contributed by atoms with Gasteiger partial charge in [0, 0.05) is 26.1 Å². The van der Waals surface area contributed by atoms with Gasteiger partial charge in [0.05, 0.1) is 5.41 Å². The summed E-state index contributed by atoms with van der Waals surface area (Å²) < 4.78 is 0. The second-order valence-corrected chi connectivity index (χ2v) is 6.03. The molecule has 0 aromatic rings. The number of hydrogen-bond donors (Lipinski definition) is 2. The Balaban J connectivity index is 1.89. The van der Waals surface area contributed by atoms with Crippen molar-refractivity contribution in [2.45, 2.75) is 44.9 Å². The largest absolute Gasteiger partial charge is 0.481 e. The van der Waals surface area contributed by atoms with Crippen molar-refractivity contribution in [1.29, 1.82) is 0 Å². The third-order valence-electron chi connectivity index (χ3n) is 4.73. The standard InChI is InChI=1S/C14H24N2O3/c15-10-14(6-2-7-14)13(19)16-8-1-3-11(9-16)4-5-12(17)18/h11H,1-10,15H2,(H,17,18). The maximum Gasteiger partial charge on any atom is 0.303 e. The Morgan fingerprint density at radius 2 is 2.05 bits per heavy atom. The summed E-state index contributed by atoms with van der Waals surface area (Å²) >= 11 is 0. The van der Waals surface area contributed by atoms with Gasteiger partial charge in [-0.3, -0.25) is 9.59 Å². The average Bonchev–Trinajstić information content (AvgIpc) is 2.36. The molecule has 0 radical (unpaired) electrons. The molecule has 0 spiro atoms. The van der Waals surface area contributed by atoms with Gasteiger partial charge in [-0.1, -0.05) is 6.42 Å². The molecule has 3 N–H and O–H groups in total. The predicted molar refractivity (Wildman–Crippen MR) is 71.5 cm³/mol. The van der Waals surface area contributed by atoms with Crippen LogP contribution in [0.25, 0.3) is 0 Å². The number of rotatable bonds is 5. The van der Waals surface area contributed by atoms with E-state index in [4.69, 9.17) is 10.8 Å². The van der Waals surface area contributed by atoms with E-state index in [1.807, 2.05) is 4.90 Å². The topological polar surface area (TPSA) is 83.6 Å². The molecule has 1 saturated heterocycles. The number of hydrogen-bond acceptors (Lipinski definition) is 3. The molecule has 5 heteroatoms. The lowest BCUT2D eigenvalue weighted by molar-refractivity contribution is -0.148. The lowest BCUT2D eigenvalue weighted by Crippen LogP contribution is -2.54. The summed E-state index contributed by atoms with van der Waals surface area (Å²) in [6.45, 7) is 1.97. The lowest BCUT2D eigenvalue weighted by Gasteiger charge is -2.45. The van der Waals surface area contributed by atoms with Crippen LogP contribution in [-0.4, -0.2) is 41.5 Å². The highest BCUT2D eigenvalue weighted by Gasteiger charge is 2.45. The van der Waals surface area contributed by atoms with E-state index in [-0.39, 0.29) is 17.7 Å². The van der Waals surface area contributed by atoms with Crippen molar-refractivity contribution in [3.8, 4) is 0 Å². The number of piperidine rings is 1. The Bertz CT molecular complexity index is 347. The number of amides is 1. The second kappa shape index (κ2) is 5.90. The Labute approximate surface area is 114 Å². The normalized spacial score (nSPS) is 25.7. The number of carbonyl (C=O) groups excluding carboxylic acids is 1. The Morgan fingerprint density at radius 1 is 1.32 bits per heavy atom. The zero-order valence-corrected chi connectivity index (χ0v) is 11.4. The molecule has 0 aromatic carbocycles. The lowest BCUT2D eigenvalue weighted by atomic mass is 9.67. The fourth-order valence-electron chi connectivity index (χ4n) is 3.26. The highest BCUT2D eigenvalue weighted by atomic mass is 16.4. The molecule has 1 aliphatic heterocycles. The van der Waals surface area contributed by atoms with E-state index < -0.39 is 5.97 Å². The van der Waals surface area contributed by atoms with E-state index in [0.717, 1.165) is 38.6 Å². The average molecular weight is 268 g/mol. The summed E-state index contributed by atoms with van der Waals surface area (Å²) in [6.07, 6.45) is 5.82. The number of carbonyl (C=O) groups is 2. The summed E-state index contributed by atoms with van der Waals surface area (Å²) in [5, 5.41) is 8.74. The maximum absolute atomic E-state index is 12.5.